The molecule has 7 heteroatoms. The molecule has 0 spiro atoms. The first-order chi connectivity index (χ1) is 9.88. The summed E-state index contributed by atoms with van der Waals surface area (Å²) < 4.78 is 27.2. The number of hydrogen-bond acceptors (Lipinski definition) is 3. The van der Waals surface area contributed by atoms with Gasteiger partial charge in [-0.15, -0.1) is 0 Å². The van der Waals surface area contributed by atoms with E-state index in [1.807, 2.05) is 6.92 Å². The Labute approximate surface area is 133 Å². The predicted octanol–water partition coefficient (Wildman–Crippen LogP) is 2.03. The first-order valence-corrected chi connectivity index (χ1v) is 9.21. The van der Waals surface area contributed by atoms with E-state index >= 15 is 0 Å². The van der Waals surface area contributed by atoms with Crippen molar-refractivity contribution < 1.29 is 13.2 Å². The topological polar surface area (TPSA) is 75.3 Å². The highest BCUT2D eigenvalue weighted by Crippen LogP contribution is 2.32. The Bertz CT molecular complexity index is 614. The molecule has 1 saturated carbocycles. The second-order valence-corrected chi connectivity index (χ2v) is 7.98. The van der Waals surface area contributed by atoms with Crippen LogP contribution < -0.4 is 10.0 Å². The molecule has 0 saturated heterocycles. The second-order valence-electron chi connectivity index (χ2n) is 5.30. The van der Waals surface area contributed by atoms with Gasteiger partial charge in [-0.3, -0.25) is 4.79 Å². The number of carbonyl (C=O) groups excluding carboxylic acids is 1. The molecule has 1 fully saturated rings. The highest BCUT2D eigenvalue weighted by Gasteiger charge is 2.28. The lowest BCUT2D eigenvalue weighted by molar-refractivity contribution is -0.121. The number of hydrogen-bond donors (Lipinski definition) is 2. The van der Waals surface area contributed by atoms with Gasteiger partial charge >= 0.3 is 0 Å². The lowest BCUT2D eigenvalue weighted by Gasteiger charge is -2.13. The molecule has 2 N–H and O–H groups in total. The fourth-order valence-corrected chi connectivity index (χ4v) is 3.68. The first-order valence-electron chi connectivity index (χ1n) is 6.93. The fourth-order valence-electron chi connectivity index (χ4n) is 2.06. The van der Waals surface area contributed by atoms with Crippen molar-refractivity contribution in [3.63, 3.8) is 0 Å². The summed E-state index contributed by atoms with van der Waals surface area (Å²) in [5.41, 5.74) is 0. The van der Waals surface area contributed by atoms with E-state index in [0.717, 1.165) is 12.8 Å². The van der Waals surface area contributed by atoms with Crippen LogP contribution in [-0.4, -0.2) is 26.9 Å². The van der Waals surface area contributed by atoms with Crippen LogP contribution in [0.25, 0.3) is 0 Å². The van der Waals surface area contributed by atoms with Gasteiger partial charge in [0.2, 0.25) is 15.9 Å². The average molecular weight is 375 g/mol. The number of carbonyl (C=O) groups is 1. The third kappa shape index (κ3) is 5.09. The molecule has 0 bridgehead atoms. The Kier molecular flexibility index (Phi) is 5.40. The van der Waals surface area contributed by atoms with Crippen molar-refractivity contribution in [2.24, 2.45) is 5.92 Å². The van der Waals surface area contributed by atoms with Gasteiger partial charge in [-0.2, -0.15) is 0 Å². The lowest BCUT2D eigenvalue weighted by atomic mass is 10.2. The van der Waals surface area contributed by atoms with Gasteiger partial charge in [-0.1, -0.05) is 22.0 Å². The molecule has 0 aliphatic heterocycles. The fraction of sp³-hybridized carbons (Fsp3) is 0.500. The third-order valence-corrected chi connectivity index (χ3v) is 5.42. The largest absolute Gasteiger partial charge is 0.353 e. The quantitative estimate of drug-likeness (QED) is 0.766. The Morgan fingerprint density at radius 2 is 2.14 bits per heavy atom. The molecule has 1 aromatic rings. The number of amides is 1. The molecule has 0 aromatic heterocycles. The number of halogens is 1. The van der Waals surface area contributed by atoms with Gasteiger partial charge in [-0.05, 0) is 43.9 Å². The van der Waals surface area contributed by atoms with Crippen LogP contribution >= 0.6 is 15.9 Å². The summed E-state index contributed by atoms with van der Waals surface area (Å²) in [6.07, 6.45) is 2.47. The van der Waals surface area contributed by atoms with Crippen LogP contribution in [-0.2, 0) is 14.8 Å². The SMILES string of the molecule is CC(NC(=O)CCNS(=O)(=O)c1cccc(Br)c1)C1CC1. The van der Waals surface area contributed by atoms with E-state index < -0.39 is 10.0 Å². The van der Waals surface area contributed by atoms with Gasteiger partial charge in [0.15, 0.2) is 0 Å². The van der Waals surface area contributed by atoms with E-state index in [2.05, 4.69) is 26.0 Å². The molecular formula is C14H19BrN2O3S. The van der Waals surface area contributed by atoms with E-state index in [0.29, 0.717) is 10.4 Å². The van der Waals surface area contributed by atoms with Gasteiger partial charge in [0.05, 0.1) is 4.90 Å². The zero-order chi connectivity index (χ0) is 15.5. The molecule has 1 aliphatic carbocycles. The molecule has 0 radical (unpaired) electrons. The third-order valence-electron chi connectivity index (χ3n) is 3.47. The van der Waals surface area contributed by atoms with E-state index in [9.17, 15) is 13.2 Å². The summed E-state index contributed by atoms with van der Waals surface area (Å²) in [5, 5.41) is 2.90. The molecule has 1 aliphatic rings. The summed E-state index contributed by atoms with van der Waals surface area (Å²) in [7, 11) is -3.57. The van der Waals surface area contributed by atoms with Crippen LogP contribution in [0.3, 0.4) is 0 Å². The van der Waals surface area contributed by atoms with Crippen LogP contribution in [0.4, 0.5) is 0 Å². The number of rotatable bonds is 7. The van der Waals surface area contributed by atoms with Gasteiger partial charge in [0, 0.05) is 23.5 Å². The summed E-state index contributed by atoms with van der Waals surface area (Å²) in [5.74, 6) is 0.471. The van der Waals surface area contributed by atoms with Crippen LogP contribution in [0.15, 0.2) is 33.6 Å². The molecule has 0 heterocycles. The molecule has 21 heavy (non-hydrogen) atoms. The highest BCUT2D eigenvalue weighted by atomic mass is 79.9. The number of sulfonamides is 1. The van der Waals surface area contributed by atoms with Crippen molar-refractivity contribution in [2.45, 2.75) is 37.1 Å². The predicted molar refractivity (Wildman–Crippen MR) is 84.3 cm³/mol. The van der Waals surface area contributed by atoms with Crippen molar-refractivity contribution in [1.82, 2.24) is 10.0 Å². The zero-order valence-corrected chi connectivity index (χ0v) is 14.2. The minimum Gasteiger partial charge on any atom is -0.353 e. The van der Waals surface area contributed by atoms with Gasteiger partial charge in [0.25, 0.3) is 0 Å². The van der Waals surface area contributed by atoms with E-state index in [1.165, 1.54) is 12.1 Å². The van der Waals surface area contributed by atoms with E-state index in [1.54, 1.807) is 12.1 Å². The van der Waals surface area contributed by atoms with Crippen LogP contribution in [0.5, 0.6) is 0 Å². The molecular weight excluding hydrogens is 356 g/mol. The average Bonchev–Trinajstić information content (AvgIpc) is 3.22. The minimum atomic E-state index is -3.57. The molecule has 1 amide bonds. The van der Waals surface area contributed by atoms with Crippen molar-refractivity contribution in [1.29, 1.82) is 0 Å². The Morgan fingerprint density at radius 3 is 2.76 bits per heavy atom. The standard InChI is InChI=1S/C14H19BrN2O3S/c1-10(11-5-6-11)17-14(18)7-8-16-21(19,20)13-4-2-3-12(15)9-13/h2-4,9-11,16H,5-8H2,1H3,(H,17,18). The molecule has 5 nitrogen and oxygen atoms in total. The maximum atomic E-state index is 12.0. The Hall–Kier alpha value is -0.920. The van der Waals surface area contributed by atoms with Gasteiger partial charge < -0.3 is 5.32 Å². The van der Waals surface area contributed by atoms with Gasteiger partial charge in [-0.25, -0.2) is 13.1 Å². The Balaban J connectivity index is 1.80. The molecule has 2 rings (SSSR count). The summed E-state index contributed by atoms with van der Waals surface area (Å²) >= 11 is 3.24. The molecule has 1 aromatic carbocycles. The molecule has 1 atom stereocenters. The second kappa shape index (κ2) is 6.89. The summed E-state index contributed by atoms with van der Waals surface area (Å²) in [4.78, 5) is 11.9. The summed E-state index contributed by atoms with van der Waals surface area (Å²) in [6, 6.07) is 6.63. The smallest absolute Gasteiger partial charge is 0.240 e. The maximum absolute atomic E-state index is 12.0. The summed E-state index contributed by atoms with van der Waals surface area (Å²) in [6.45, 7) is 2.08. The van der Waals surface area contributed by atoms with Crippen molar-refractivity contribution in [3.05, 3.63) is 28.7 Å². The number of benzene rings is 1. The van der Waals surface area contributed by atoms with E-state index in [4.69, 9.17) is 0 Å². The van der Waals surface area contributed by atoms with Gasteiger partial charge in [0.1, 0.15) is 0 Å². The maximum Gasteiger partial charge on any atom is 0.240 e. The van der Waals surface area contributed by atoms with Crippen LogP contribution in [0.2, 0.25) is 0 Å². The highest BCUT2D eigenvalue weighted by molar-refractivity contribution is 9.10. The zero-order valence-electron chi connectivity index (χ0n) is 11.8. The monoisotopic (exact) mass is 374 g/mol. The minimum absolute atomic E-state index is 0.0953. The molecule has 1 unspecified atom stereocenters. The normalized spacial score (nSPS) is 16.5. The van der Waals surface area contributed by atoms with Crippen LogP contribution in [0.1, 0.15) is 26.2 Å². The van der Waals surface area contributed by atoms with Crippen LogP contribution in [0, 0.1) is 5.92 Å². The van der Waals surface area contributed by atoms with E-state index in [-0.39, 0.29) is 29.8 Å². The Morgan fingerprint density at radius 1 is 1.43 bits per heavy atom. The van der Waals surface area contributed by atoms with Crippen molar-refractivity contribution in [3.8, 4) is 0 Å². The first kappa shape index (κ1) is 16.5. The van der Waals surface area contributed by atoms with Crippen molar-refractivity contribution in [2.75, 3.05) is 6.54 Å². The van der Waals surface area contributed by atoms with Crippen molar-refractivity contribution >= 4 is 31.9 Å². The molecule has 116 valence electrons. The number of nitrogens with one attached hydrogen (secondary N) is 2. The lowest BCUT2D eigenvalue weighted by Crippen LogP contribution is -2.36.